The number of hydrogen-bond donors (Lipinski definition) is 1. The highest BCUT2D eigenvalue weighted by atomic mass is 15.0. The van der Waals surface area contributed by atoms with E-state index in [1.54, 1.807) is 0 Å². The third-order valence-corrected chi connectivity index (χ3v) is 2.98. The molecule has 2 atom stereocenters. The zero-order valence-electron chi connectivity index (χ0n) is 7.40. The van der Waals surface area contributed by atoms with Gasteiger partial charge in [-0.2, -0.15) is 0 Å². The molecule has 2 heteroatoms. The van der Waals surface area contributed by atoms with Crippen LogP contribution < -0.4 is 5.32 Å². The summed E-state index contributed by atoms with van der Waals surface area (Å²) < 4.78 is 0. The summed E-state index contributed by atoms with van der Waals surface area (Å²) in [6, 6.07) is 9.17. The summed E-state index contributed by atoms with van der Waals surface area (Å²) >= 11 is 0. The normalized spacial score (nSPS) is 29.2. The van der Waals surface area contributed by atoms with E-state index >= 15 is 0 Å². The van der Waals surface area contributed by atoms with E-state index in [4.69, 9.17) is 0 Å². The van der Waals surface area contributed by atoms with Crippen molar-refractivity contribution in [3.8, 4) is 0 Å². The molecular formula is C11H12N2. The number of nitrogens with one attached hydrogen (secondary N) is 1. The van der Waals surface area contributed by atoms with Gasteiger partial charge >= 0.3 is 0 Å². The molecule has 1 aromatic carbocycles. The molecule has 13 heavy (non-hydrogen) atoms. The smallest absolute Gasteiger partial charge is 0.0474 e. The van der Waals surface area contributed by atoms with Crippen molar-refractivity contribution in [3.63, 3.8) is 0 Å². The van der Waals surface area contributed by atoms with Crippen LogP contribution in [0, 0.1) is 0 Å². The molecule has 3 rings (SSSR count). The SMILES string of the molecule is C1=NCC2c3ccccc3NC2C1. The van der Waals surface area contributed by atoms with Crippen LogP contribution in [0.5, 0.6) is 0 Å². The highest BCUT2D eigenvalue weighted by Gasteiger charge is 2.32. The van der Waals surface area contributed by atoms with E-state index < -0.39 is 0 Å². The van der Waals surface area contributed by atoms with Crippen LogP contribution in [0.25, 0.3) is 0 Å². The molecule has 2 unspecified atom stereocenters. The van der Waals surface area contributed by atoms with E-state index in [0.29, 0.717) is 12.0 Å². The number of aliphatic imine (C=N–C) groups is 1. The Labute approximate surface area is 77.7 Å². The molecule has 0 spiro atoms. The van der Waals surface area contributed by atoms with Gasteiger partial charge in [0.05, 0.1) is 0 Å². The second-order valence-corrected chi connectivity index (χ2v) is 3.73. The minimum Gasteiger partial charge on any atom is -0.381 e. The Morgan fingerprint density at radius 1 is 1.31 bits per heavy atom. The lowest BCUT2D eigenvalue weighted by Crippen LogP contribution is -2.26. The van der Waals surface area contributed by atoms with Crippen molar-refractivity contribution in [2.45, 2.75) is 18.4 Å². The molecule has 0 amide bonds. The van der Waals surface area contributed by atoms with Gasteiger partial charge in [0.15, 0.2) is 0 Å². The first-order valence-corrected chi connectivity index (χ1v) is 4.79. The van der Waals surface area contributed by atoms with Crippen molar-refractivity contribution in [3.05, 3.63) is 29.8 Å². The Bertz CT molecular complexity index is 357. The molecular weight excluding hydrogens is 160 g/mol. The predicted molar refractivity (Wildman–Crippen MR) is 54.6 cm³/mol. The van der Waals surface area contributed by atoms with Crippen LogP contribution in [0.15, 0.2) is 29.3 Å². The number of benzene rings is 1. The fraction of sp³-hybridized carbons (Fsp3) is 0.364. The molecule has 2 heterocycles. The van der Waals surface area contributed by atoms with Gasteiger partial charge in [-0.3, -0.25) is 4.99 Å². The Hall–Kier alpha value is -1.31. The molecule has 1 N–H and O–H groups in total. The molecule has 0 saturated heterocycles. The van der Waals surface area contributed by atoms with Crippen LogP contribution in [0.4, 0.5) is 5.69 Å². The standard InChI is InChI=1S/C11H12N2/c1-2-4-10-8(3-1)9-7-12-6-5-11(9)13-10/h1-4,6,9,11,13H,5,7H2. The van der Waals surface area contributed by atoms with Gasteiger partial charge in [0.25, 0.3) is 0 Å². The Kier molecular flexibility index (Phi) is 1.42. The second-order valence-electron chi connectivity index (χ2n) is 3.73. The summed E-state index contributed by atoms with van der Waals surface area (Å²) in [7, 11) is 0. The number of nitrogens with zero attached hydrogens (tertiary/aromatic N) is 1. The van der Waals surface area contributed by atoms with E-state index in [-0.39, 0.29) is 0 Å². The molecule has 2 nitrogen and oxygen atoms in total. The number of para-hydroxylation sites is 1. The van der Waals surface area contributed by atoms with Gasteiger partial charge in [0, 0.05) is 36.8 Å². The van der Waals surface area contributed by atoms with Crippen molar-refractivity contribution >= 4 is 11.9 Å². The first kappa shape index (κ1) is 7.13. The molecule has 0 saturated carbocycles. The Balaban J connectivity index is 2.05. The van der Waals surface area contributed by atoms with Crippen LogP contribution in [-0.4, -0.2) is 18.8 Å². The van der Waals surface area contributed by atoms with E-state index in [9.17, 15) is 0 Å². The fourth-order valence-corrected chi connectivity index (χ4v) is 2.29. The van der Waals surface area contributed by atoms with Crippen LogP contribution in [0.1, 0.15) is 17.9 Å². The van der Waals surface area contributed by atoms with Gasteiger partial charge < -0.3 is 5.32 Å². The lowest BCUT2D eigenvalue weighted by Gasteiger charge is -2.20. The first-order valence-electron chi connectivity index (χ1n) is 4.79. The fourth-order valence-electron chi connectivity index (χ4n) is 2.29. The monoisotopic (exact) mass is 172 g/mol. The van der Waals surface area contributed by atoms with Gasteiger partial charge in [-0.1, -0.05) is 18.2 Å². The van der Waals surface area contributed by atoms with Crippen LogP contribution in [-0.2, 0) is 0 Å². The minimum atomic E-state index is 0.592. The van der Waals surface area contributed by atoms with E-state index in [1.165, 1.54) is 11.3 Å². The van der Waals surface area contributed by atoms with Crippen molar-refractivity contribution < 1.29 is 0 Å². The zero-order chi connectivity index (χ0) is 8.67. The number of hydrogen-bond acceptors (Lipinski definition) is 2. The largest absolute Gasteiger partial charge is 0.381 e. The Morgan fingerprint density at radius 3 is 3.23 bits per heavy atom. The lowest BCUT2D eigenvalue weighted by atomic mass is 9.92. The number of anilines is 1. The molecule has 0 bridgehead atoms. The summed E-state index contributed by atoms with van der Waals surface area (Å²) in [5.41, 5.74) is 2.76. The van der Waals surface area contributed by atoms with Gasteiger partial charge in [0.1, 0.15) is 0 Å². The average molecular weight is 172 g/mol. The maximum Gasteiger partial charge on any atom is 0.0474 e. The van der Waals surface area contributed by atoms with Gasteiger partial charge in [-0.05, 0) is 11.6 Å². The maximum absolute atomic E-state index is 4.35. The summed E-state index contributed by atoms with van der Waals surface area (Å²) in [5, 5.41) is 3.55. The molecule has 0 aliphatic carbocycles. The predicted octanol–water partition coefficient (Wildman–Crippen LogP) is 2.04. The van der Waals surface area contributed by atoms with Crippen LogP contribution in [0.3, 0.4) is 0 Å². The summed E-state index contributed by atoms with van der Waals surface area (Å²) in [6.07, 6.45) is 3.11. The van der Waals surface area contributed by atoms with Gasteiger partial charge in [-0.25, -0.2) is 0 Å². The van der Waals surface area contributed by atoms with E-state index in [0.717, 1.165) is 13.0 Å². The van der Waals surface area contributed by atoms with Gasteiger partial charge in [-0.15, -0.1) is 0 Å². The second kappa shape index (κ2) is 2.59. The third-order valence-electron chi connectivity index (χ3n) is 2.98. The molecule has 2 aliphatic heterocycles. The molecule has 2 aliphatic rings. The van der Waals surface area contributed by atoms with Crippen molar-refractivity contribution in [1.82, 2.24) is 0 Å². The molecule has 0 aromatic heterocycles. The van der Waals surface area contributed by atoms with Crippen molar-refractivity contribution in [2.24, 2.45) is 4.99 Å². The summed E-state index contributed by atoms with van der Waals surface area (Å²) in [4.78, 5) is 4.35. The van der Waals surface area contributed by atoms with Crippen molar-refractivity contribution in [1.29, 1.82) is 0 Å². The average Bonchev–Trinajstić information content (AvgIpc) is 2.56. The molecule has 0 radical (unpaired) electrons. The topological polar surface area (TPSA) is 24.4 Å². The summed E-state index contributed by atoms with van der Waals surface area (Å²) in [5.74, 6) is 0.612. The van der Waals surface area contributed by atoms with E-state index in [1.807, 2.05) is 6.21 Å². The molecule has 66 valence electrons. The van der Waals surface area contributed by atoms with Crippen LogP contribution >= 0.6 is 0 Å². The highest BCUT2D eigenvalue weighted by molar-refractivity contribution is 5.67. The number of fused-ring (bicyclic) bond motifs is 3. The third kappa shape index (κ3) is 0.981. The zero-order valence-corrected chi connectivity index (χ0v) is 7.40. The maximum atomic E-state index is 4.35. The van der Waals surface area contributed by atoms with Crippen molar-refractivity contribution in [2.75, 3.05) is 11.9 Å². The highest BCUT2D eigenvalue weighted by Crippen LogP contribution is 2.38. The molecule has 0 fully saturated rings. The van der Waals surface area contributed by atoms with Crippen LogP contribution in [0.2, 0.25) is 0 Å². The summed E-state index contributed by atoms with van der Waals surface area (Å²) in [6.45, 7) is 0.953. The van der Waals surface area contributed by atoms with Gasteiger partial charge in [0.2, 0.25) is 0 Å². The first-order chi connectivity index (χ1) is 6.45. The number of rotatable bonds is 0. The van der Waals surface area contributed by atoms with E-state index in [2.05, 4.69) is 34.6 Å². The quantitative estimate of drug-likeness (QED) is 0.636. The molecule has 1 aromatic rings. The minimum absolute atomic E-state index is 0.592. The lowest BCUT2D eigenvalue weighted by molar-refractivity contribution is 0.600. The Morgan fingerprint density at radius 2 is 2.23 bits per heavy atom.